The molecule has 1 spiro atoms. The number of piperidine rings is 1. The van der Waals surface area contributed by atoms with Gasteiger partial charge >= 0.3 is 0 Å². The van der Waals surface area contributed by atoms with Crippen LogP contribution in [-0.4, -0.2) is 76.2 Å². The minimum absolute atomic E-state index is 0.136. The number of amides is 1. The van der Waals surface area contributed by atoms with Crippen LogP contribution in [0.25, 0.3) is 0 Å². The second kappa shape index (κ2) is 7.87. The van der Waals surface area contributed by atoms with Crippen LogP contribution in [0.5, 0.6) is 5.75 Å². The van der Waals surface area contributed by atoms with Crippen molar-refractivity contribution in [2.24, 2.45) is 0 Å². The number of likely N-dealkylation sites (tertiary alicyclic amines) is 1. The largest absolute Gasteiger partial charge is 0.494 e. The molecule has 4 rings (SSSR count). The van der Waals surface area contributed by atoms with Crippen LogP contribution >= 0.6 is 11.3 Å². The number of carbonyl (C=O) groups excluding carboxylic acids is 1. The molecule has 0 aliphatic carbocycles. The van der Waals surface area contributed by atoms with Crippen molar-refractivity contribution in [3.05, 3.63) is 34.8 Å². The highest BCUT2D eigenvalue weighted by Crippen LogP contribution is 2.31. The Balaban J connectivity index is 1.35. The lowest BCUT2D eigenvalue weighted by Gasteiger charge is -2.47. The lowest BCUT2D eigenvalue weighted by molar-refractivity contribution is -0.134. The molecule has 9 heteroatoms. The number of hydrogen-bond acceptors (Lipinski definition) is 8. The number of carbonyl (C=O) groups is 1. The van der Waals surface area contributed by atoms with Crippen molar-refractivity contribution in [1.29, 1.82) is 0 Å². The topological polar surface area (TPSA) is 80.7 Å². The number of ether oxygens (including phenoxy) is 2. The Kier molecular flexibility index (Phi) is 5.33. The van der Waals surface area contributed by atoms with Crippen molar-refractivity contribution < 1.29 is 14.3 Å². The molecule has 0 bridgehead atoms. The molecule has 2 fully saturated rings. The zero-order chi connectivity index (χ0) is 18.7. The Hall–Kier alpha value is -2.10. The average Bonchev–Trinajstić information content (AvgIpc) is 3.21. The Morgan fingerprint density at radius 2 is 2.04 bits per heavy atom. The summed E-state index contributed by atoms with van der Waals surface area (Å²) < 4.78 is 11.2. The third-order valence-corrected chi connectivity index (χ3v) is 5.95. The van der Waals surface area contributed by atoms with E-state index in [1.165, 1.54) is 12.4 Å². The molecule has 0 unspecified atom stereocenters. The van der Waals surface area contributed by atoms with E-state index in [0.717, 1.165) is 44.1 Å². The van der Waals surface area contributed by atoms with Gasteiger partial charge in [-0.05, 0) is 12.8 Å². The molecular formula is C18H23N5O3S. The highest BCUT2D eigenvalue weighted by molar-refractivity contribution is 7.09. The first-order valence-corrected chi connectivity index (χ1v) is 9.95. The molecule has 0 aromatic carbocycles. The zero-order valence-corrected chi connectivity index (χ0v) is 16.2. The summed E-state index contributed by atoms with van der Waals surface area (Å²) in [4.78, 5) is 29.5. The minimum Gasteiger partial charge on any atom is -0.494 e. The summed E-state index contributed by atoms with van der Waals surface area (Å²) >= 11 is 1.69. The third kappa shape index (κ3) is 4.10. The normalized spacial score (nSPS) is 20.0. The van der Waals surface area contributed by atoms with Crippen molar-refractivity contribution in [2.75, 3.05) is 39.9 Å². The second-order valence-electron chi connectivity index (χ2n) is 6.91. The van der Waals surface area contributed by atoms with Gasteiger partial charge in [-0.3, -0.25) is 9.69 Å². The van der Waals surface area contributed by atoms with E-state index in [-0.39, 0.29) is 17.3 Å². The molecule has 0 radical (unpaired) electrons. The zero-order valence-electron chi connectivity index (χ0n) is 15.3. The third-order valence-electron chi connectivity index (χ3n) is 5.19. The Morgan fingerprint density at radius 1 is 1.26 bits per heavy atom. The lowest BCUT2D eigenvalue weighted by atomic mass is 9.89. The number of rotatable bonds is 4. The fraction of sp³-hybridized carbons (Fsp3) is 0.556. The van der Waals surface area contributed by atoms with Crippen molar-refractivity contribution in [3.8, 4) is 5.75 Å². The first-order valence-electron chi connectivity index (χ1n) is 9.07. The first kappa shape index (κ1) is 18.3. The molecule has 2 aliphatic heterocycles. The van der Waals surface area contributed by atoms with E-state index in [0.29, 0.717) is 18.8 Å². The van der Waals surface area contributed by atoms with E-state index in [2.05, 4.69) is 19.9 Å². The molecule has 4 heterocycles. The van der Waals surface area contributed by atoms with Crippen molar-refractivity contribution in [2.45, 2.75) is 25.0 Å². The summed E-state index contributed by atoms with van der Waals surface area (Å²) in [7, 11) is 1.55. The fourth-order valence-corrected chi connectivity index (χ4v) is 4.33. The summed E-state index contributed by atoms with van der Waals surface area (Å²) in [6.07, 6.45) is 6.53. The molecule has 1 amide bonds. The highest BCUT2D eigenvalue weighted by Gasteiger charge is 2.41. The molecule has 0 saturated carbocycles. The van der Waals surface area contributed by atoms with Gasteiger partial charge in [-0.15, -0.1) is 11.3 Å². The van der Waals surface area contributed by atoms with E-state index in [9.17, 15) is 4.79 Å². The summed E-state index contributed by atoms with van der Waals surface area (Å²) in [5, 5.41) is 3.15. The van der Waals surface area contributed by atoms with Gasteiger partial charge in [0.1, 0.15) is 5.01 Å². The number of morpholine rings is 1. The van der Waals surface area contributed by atoms with Crippen LogP contribution in [-0.2, 0) is 11.3 Å². The molecule has 27 heavy (non-hydrogen) atoms. The smallest absolute Gasteiger partial charge is 0.291 e. The van der Waals surface area contributed by atoms with E-state index >= 15 is 0 Å². The lowest BCUT2D eigenvalue weighted by Crippen LogP contribution is -2.57. The van der Waals surface area contributed by atoms with Gasteiger partial charge in [0.2, 0.25) is 5.82 Å². The summed E-state index contributed by atoms with van der Waals surface area (Å²) in [6.45, 7) is 4.70. The maximum absolute atomic E-state index is 12.6. The van der Waals surface area contributed by atoms with Crippen molar-refractivity contribution >= 4 is 17.2 Å². The Bertz CT molecular complexity index is 760. The molecule has 2 aliphatic rings. The molecule has 144 valence electrons. The molecule has 2 saturated heterocycles. The summed E-state index contributed by atoms with van der Waals surface area (Å²) in [6, 6.07) is 0. The number of nitrogens with zero attached hydrogens (tertiary/aromatic N) is 5. The molecule has 8 nitrogen and oxygen atoms in total. The van der Waals surface area contributed by atoms with Gasteiger partial charge in [-0.1, -0.05) is 0 Å². The van der Waals surface area contributed by atoms with Gasteiger partial charge in [0.05, 0.1) is 38.3 Å². The minimum atomic E-state index is -0.174. The van der Waals surface area contributed by atoms with Crippen LogP contribution in [0.4, 0.5) is 0 Å². The van der Waals surface area contributed by atoms with E-state index < -0.39 is 0 Å². The van der Waals surface area contributed by atoms with E-state index in [1.807, 2.05) is 16.5 Å². The van der Waals surface area contributed by atoms with Gasteiger partial charge in [0.15, 0.2) is 5.75 Å². The Labute approximate surface area is 162 Å². The van der Waals surface area contributed by atoms with E-state index in [4.69, 9.17) is 9.47 Å². The van der Waals surface area contributed by atoms with Crippen LogP contribution in [0.2, 0.25) is 0 Å². The molecular weight excluding hydrogens is 366 g/mol. The molecule has 2 aromatic heterocycles. The predicted octanol–water partition coefficient (Wildman–Crippen LogP) is 1.45. The van der Waals surface area contributed by atoms with Crippen molar-refractivity contribution in [3.63, 3.8) is 0 Å². The fourth-order valence-electron chi connectivity index (χ4n) is 3.67. The highest BCUT2D eigenvalue weighted by atomic mass is 32.1. The monoisotopic (exact) mass is 389 g/mol. The van der Waals surface area contributed by atoms with Crippen LogP contribution < -0.4 is 4.74 Å². The van der Waals surface area contributed by atoms with Gasteiger partial charge in [0, 0.05) is 37.8 Å². The van der Waals surface area contributed by atoms with Gasteiger partial charge in [0.25, 0.3) is 5.91 Å². The average molecular weight is 389 g/mol. The second-order valence-corrected chi connectivity index (χ2v) is 7.89. The quantitative estimate of drug-likeness (QED) is 0.783. The maximum Gasteiger partial charge on any atom is 0.291 e. The molecule has 0 atom stereocenters. The van der Waals surface area contributed by atoms with Gasteiger partial charge in [-0.2, -0.15) is 0 Å². The number of thiazole rings is 1. The summed E-state index contributed by atoms with van der Waals surface area (Å²) in [5.74, 6) is 0.615. The van der Waals surface area contributed by atoms with Crippen LogP contribution in [0, 0.1) is 0 Å². The number of hydrogen-bond donors (Lipinski definition) is 0. The SMILES string of the molecule is COc1cnc(C(=O)N2CCC3(CC2)CN(Cc2nccs2)CCO3)nc1. The van der Waals surface area contributed by atoms with Gasteiger partial charge < -0.3 is 14.4 Å². The maximum atomic E-state index is 12.6. The van der Waals surface area contributed by atoms with Crippen LogP contribution in [0.1, 0.15) is 28.5 Å². The number of methoxy groups -OCH3 is 1. The Morgan fingerprint density at radius 3 is 2.70 bits per heavy atom. The van der Waals surface area contributed by atoms with E-state index in [1.54, 1.807) is 18.4 Å². The molecule has 2 aromatic rings. The van der Waals surface area contributed by atoms with Gasteiger partial charge in [-0.25, -0.2) is 15.0 Å². The molecule has 0 N–H and O–H groups in total. The summed E-state index contributed by atoms with van der Waals surface area (Å²) in [5.41, 5.74) is -0.174. The number of aromatic nitrogens is 3. The predicted molar refractivity (Wildman–Crippen MR) is 99.8 cm³/mol. The van der Waals surface area contributed by atoms with Crippen molar-refractivity contribution in [1.82, 2.24) is 24.8 Å². The van der Waals surface area contributed by atoms with Crippen LogP contribution in [0.3, 0.4) is 0 Å². The standard InChI is InChI=1S/C18H23N5O3S/c1-25-14-10-20-16(21-11-14)17(24)23-5-2-18(3-6-23)13-22(7-8-26-18)12-15-19-4-9-27-15/h4,9-11H,2-3,5-8,12-13H2,1H3. The first-order chi connectivity index (χ1) is 13.2. The van der Waals surface area contributed by atoms with Crippen LogP contribution in [0.15, 0.2) is 24.0 Å².